The minimum atomic E-state index is -0.0448. The van der Waals surface area contributed by atoms with Gasteiger partial charge in [-0.15, -0.1) is 11.3 Å². The summed E-state index contributed by atoms with van der Waals surface area (Å²) in [5, 5.41) is 3.99. The normalized spacial score (nSPS) is 15.9. The van der Waals surface area contributed by atoms with Crippen molar-refractivity contribution in [2.45, 2.75) is 45.4 Å². The Balaban J connectivity index is 1.97. The van der Waals surface area contributed by atoms with Gasteiger partial charge in [0.05, 0.1) is 10.7 Å². The van der Waals surface area contributed by atoms with Gasteiger partial charge in [-0.1, -0.05) is 26.2 Å². The third-order valence-electron chi connectivity index (χ3n) is 4.12. The molecule has 1 aliphatic rings. The first kappa shape index (κ1) is 16.1. The van der Waals surface area contributed by atoms with Gasteiger partial charge in [0.25, 0.3) is 5.91 Å². The van der Waals surface area contributed by atoms with E-state index in [1.54, 1.807) is 0 Å². The Bertz CT molecular complexity index is 466. The van der Waals surface area contributed by atoms with Gasteiger partial charge in [0.15, 0.2) is 0 Å². The standard InChI is InChI=1S/C16H27N3OS/c1-3-9-18-16(20)15-13(17)10-14(21-15)19(2)11-12-7-5-4-6-8-12/h10,12H,3-9,11,17H2,1-2H3,(H,18,20). The van der Waals surface area contributed by atoms with Crippen molar-refractivity contribution in [3.63, 3.8) is 0 Å². The summed E-state index contributed by atoms with van der Waals surface area (Å²) in [6, 6.07) is 1.94. The smallest absolute Gasteiger partial charge is 0.263 e. The van der Waals surface area contributed by atoms with Gasteiger partial charge in [-0.2, -0.15) is 0 Å². The van der Waals surface area contributed by atoms with Crippen LogP contribution in [0.5, 0.6) is 0 Å². The fourth-order valence-electron chi connectivity index (χ4n) is 2.92. The van der Waals surface area contributed by atoms with Gasteiger partial charge in [0.1, 0.15) is 4.88 Å². The summed E-state index contributed by atoms with van der Waals surface area (Å²) in [6.45, 7) is 3.81. The first-order valence-electron chi connectivity index (χ1n) is 8.00. The van der Waals surface area contributed by atoms with Gasteiger partial charge >= 0.3 is 0 Å². The van der Waals surface area contributed by atoms with Crippen LogP contribution >= 0.6 is 11.3 Å². The van der Waals surface area contributed by atoms with E-state index < -0.39 is 0 Å². The lowest BCUT2D eigenvalue weighted by atomic mass is 9.89. The molecule has 3 N–H and O–H groups in total. The highest BCUT2D eigenvalue weighted by Crippen LogP contribution is 2.33. The highest BCUT2D eigenvalue weighted by atomic mass is 32.1. The molecule has 2 rings (SSSR count). The summed E-state index contributed by atoms with van der Waals surface area (Å²) in [6.07, 6.45) is 7.69. The average molecular weight is 309 g/mol. The molecule has 21 heavy (non-hydrogen) atoms. The van der Waals surface area contributed by atoms with Crippen LogP contribution in [-0.4, -0.2) is 26.0 Å². The molecule has 1 aromatic rings. The molecule has 4 nitrogen and oxygen atoms in total. The van der Waals surface area contributed by atoms with Crippen LogP contribution in [0.4, 0.5) is 10.7 Å². The van der Waals surface area contributed by atoms with Gasteiger partial charge < -0.3 is 16.0 Å². The molecule has 118 valence electrons. The molecule has 0 radical (unpaired) electrons. The third kappa shape index (κ3) is 4.37. The maximum atomic E-state index is 12.1. The number of carbonyl (C=O) groups excluding carboxylic acids is 1. The number of nitrogen functional groups attached to an aromatic ring is 1. The Morgan fingerprint density at radius 2 is 2.14 bits per heavy atom. The van der Waals surface area contributed by atoms with Crippen LogP contribution in [-0.2, 0) is 0 Å². The monoisotopic (exact) mass is 309 g/mol. The second-order valence-corrected chi connectivity index (χ2v) is 7.04. The molecule has 0 aromatic carbocycles. The number of thiophene rings is 1. The molecule has 0 atom stereocenters. The predicted molar refractivity (Wildman–Crippen MR) is 91.2 cm³/mol. The van der Waals surface area contributed by atoms with Crippen LogP contribution in [0.2, 0.25) is 0 Å². The second kappa shape index (κ2) is 7.69. The number of hydrogen-bond acceptors (Lipinski definition) is 4. The minimum Gasteiger partial charge on any atom is -0.397 e. The zero-order chi connectivity index (χ0) is 15.2. The number of nitrogens with two attached hydrogens (primary N) is 1. The molecular formula is C16H27N3OS. The molecule has 0 aliphatic heterocycles. The molecule has 1 amide bonds. The molecule has 1 heterocycles. The molecule has 0 bridgehead atoms. The summed E-state index contributed by atoms with van der Waals surface area (Å²) in [4.78, 5) is 15.0. The number of hydrogen-bond donors (Lipinski definition) is 2. The molecule has 1 aromatic heterocycles. The Kier molecular flexibility index (Phi) is 5.91. The number of nitrogens with zero attached hydrogens (tertiary/aromatic N) is 1. The SMILES string of the molecule is CCCNC(=O)c1sc(N(C)CC2CCCCC2)cc1N. The lowest BCUT2D eigenvalue weighted by molar-refractivity contribution is 0.0958. The molecule has 0 spiro atoms. The zero-order valence-corrected chi connectivity index (χ0v) is 14.0. The van der Waals surface area contributed by atoms with E-state index in [4.69, 9.17) is 5.73 Å². The Hall–Kier alpha value is -1.23. The number of rotatable bonds is 6. The Morgan fingerprint density at radius 1 is 1.43 bits per heavy atom. The van der Waals surface area contributed by atoms with E-state index in [1.165, 1.54) is 43.4 Å². The summed E-state index contributed by atoms with van der Waals surface area (Å²) in [7, 11) is 2.10. The van der Waals surface area contributed by atoms with Crippen molar-refractivity contribution in [2.75, 3.05) is 30.8 Å². The molecule has 1 saturated carbocycles. The fraction of sp³-hybridized carbons (Fsp3) is 0.688. The van der Waals surface area contributed by atoms with Crippen LogP contribution < -0.4 is 16.0 Å². The summed E-state index contributed by atoms with van der Waals surface area (Å²) in [5.74, 6) is 0.737. The number of carbonyl (C=O) groups is 1. The van der Waals surface area contributed by atoms with Crippen LogP contribution in [0, 0.1) is 5.92 Å². The van der Waals surface area contributed by atoms with E-state index in [0.29, 0.717) is 17.1 Å². The molecule has 0 unspecified atom stereocenters. The summed E-state index contributed by atoms with van der Waals surface area (Å²) in [5.41, 5.74) is 6.60. The number of nitrogens with one attached hydrogen (secondary N) is 1. The highest BCUT2D eigenvalue weighted by molar-refractivity contribution is 7.18. The molecule has 1 aliphatic carbocycles. The van der Waals surface area contributed by atoms with Crippen molar-refractivity contribution >= 4 is 27.9 Å². The van der Waals surface area contributed by atoms with Crippen molar-refractivity contribution in [3.05, 3.63) is 10.9 Å². The van der Waals surface area contributed by atoms with E-state index >= 15 is 0 Å². The van der Waals surface area contributed by atoms with E-state index in [9.17, 15) is 4.79 Å². The Morgan fingerprint density at radius 3 is 2.81 bits per heavy atom. The lowest BCUT2D eigenvalue weighted by Crippen LogP contribution is -2.26. The van der Waals surface area contributed by atoms with Crippen LogP contribution in [0.25, 0.3) is 0 Å². The van der Waals surface area contributed by atoms with Gasteiger partial charge in [0.2, 0.25) is 0 Å². The highest BCUT2D eigenvalue weighted by Gasteiger charge is 2.19. The van der Waals surface area contributed by atoms with Crippen molar-refractivity contribution in [3.8, 4) is 0 Å². The third-order valence-corrected chi connectivity index (χ3v) is 5.39. The number of anilines is 2. The van der Waals surface area contributed by atoms with E-state index in [0.717, 1.165) is 23.9 Å². The van der Waals surface area contributed by atoms with E-state index in [1.807, 2.05) is 13.0 Å². The zero-order valence-electron chi connectivity index (χ0n) is 13.2. The predicted octanol–water partition coefficient (Wildman–Crippen LogP) is 3.49. The first-order chi connectivity index (χ1) is 10.1. The van der Waals surface area contributed by atoms with Gasteiger partial charge in [-0.3, -0.25) is 4.79 Å². The summed E-state index contributed by atoms with van der Waals surface area (Å²) < 4.78 is 0. The number of amides is 1. The summed E-state index contributed by atoms with van der Waals surface area (Å²) >= 11 is 1.50. The van der Waals surface area contributed by atoms with Crippen molar-refractivity contribution in [1.82, 2.24) is 5.32 Å². The quantitative estimate of drug-likeness (QED) is 0.845. The van der Waals surface area contributed by atoms with Crippen molar-refractivity contribution in [1.29, 1.82) is 0 Å². The van der Waals surface area contributed by atoms with Crippen LogP contribution in [0.15, 0.2) is 6.07 Å². The second-order valence-electron chi connectivity index (χ2n) is 6.01. The maximum Gasteiger partial charge on any atom is 0.263 e. The maximum absolute atomic E-state index is 12.1. The van der Waals surface area contributed by atoms with Crippen LogP contribution in [0.3, 0.4) is 0 Å². The minimum absolute atomic E-state index is 0.0448. The molecular weight excluding hydrogens is 282 g/mol. The van der Waals surface area contributed by atoms with Crippen LogP contribution in [0.1, 0.15) is 55.1 Å². The van der Waals surface area contributed by atoms with E-state index in [-0.39, 0.29) is 5.91 Å². The largest absolute Gasteiger partial charge is 0.397 e. The van der Waals surface area contributed by atoms with Crippen molar-refractivity contribution < 1.29 is 4.79 Å². The van der Waals surface area contributed by atoms with E-state index in [2.05, 4.69) is 17.3 Å². The van der Waals surface area contributed by atoms with Gasteiger partial charge in [-0.25, -0.2) is 0 Å². The van der Waals surface area contributed by atoms with Gasteiger partial charge in [-0.05, 0) is 31.2 Å². The first-order valence-corrected chi connectivity index (χ1v) is 8.82. The molecule has 0 saturated heterocycles. The Labute approximate surface area is 131 Å². The fourth-order valence-corrected chi connectivity index (χ4v) is 3.89. The van der Waals surface area contributed by atoms with Crippen molar-refractivity contribution in [2.24, 2.45) is 5.92 Å². The molecule has 5 heteroatoms. The average Bonchev–Trinajstić information content (AvgIpc) is 2.88. The molecule has 1 fully saturated rings. The van der Waals surface area contributed by atoms with Gasteiger partial charge in [0, 0.05) is 20.1 Å². The topological polar surface area (TPSA) is 58.4 Å². The lowest BCUT2D eigenvalue weighted by Gasteiger charge is -2.27.